The number of rotatable bonds is 2. The molecule has 0 aliphatic carbocycles. The molecule has 6 nitrogen and oxygen atoms in total. The number of hydrogen-bond donors (Lipinski definition) is 2. The van der Waals surface area contributed by atoms with E-state index in [-0.39, 0.29) is 0 Å². The summed E-state index contributed by atoms with van der Waals surface area (Å²) in [5.74, 6) is -2.31. The highest BCUT2D eigenvalue weighted by molar-refractivity contribution is 6.42. The fourth-order valence-electron chi connectivity index (χ4n) is 1.46. The number of carbonyl (C=O) groups is 3. The third-order valence-corrected chi connectivity index (χ3v) is 2.20. The third kappa shape index (κ3) is 3.67. The molecule has 100 valence electrons. The van der Waals surface area contributed by atoms with Gasteiger partial charge in [0, 0.05) is 24.0 Å². The van der Waals surface area contributed by atoms with Crippen LogP contribution in [-0.2, 0) is 14.3 Å². The van der Waals surface area contributed by atoms with Gasteiger partial charge in [0.2, 0.25) is 0 Å². The molecule has 0 amide bonds. The minimum absolute atomic E-state index is 0.345. The predicted molar refractivity (Wildman–Crippen MR) is 68.0 cm³/mol. The summed E-state index contributed by atoms with van der Waals surface area (Å²) in [7, 11) is 1.19. The van der Waals surface area contributed by atoms with Gasteiger partial charge in [-0.25, -0.2) is 4.79 Å². The smallest absolute Gasteiger partial charge is 0.379 e. The second-order valence-electron chi connectivity index (χ2n) is 3.59. The van der Waals surface area contributed by atoms with E-state index in [0.29, 0.717) is 5.56 Å². The Kier molecular flexibility index (Phi) is 4.82. The highest BCUT2D eigenvalue weighted by Gasteiger charge is 2.19. The Morgan fingerprint density at radius 2 is 1.79 bits per heavy atom. The number of H-pyrrole nitrogens is 1. The highest BCUT2D eigenvalue weighted by atomic mass is 16.5. The maximum atomic E-state index is 11.6. The van der Waals surface area contributed by atoms with Crippen molar-refractivity contribution < 1.29 is 24.2 Å². The Hall–Kier alpha value is -2.63. The second-order valence-corrected chi connectivity index (χ2v) is 3.59. The molecule has 1 aromatic heterocycles. The van der Waals surface area contributed by atoms with Gasteiger partial charge in [0.25, 0.3) is 11.8 Å². The van der Waals surface area contributed by atoms with E-state index in [4.69, 9.17) is 9.90 Å². The van der Waals surface area contributed by atoms with E-state index in [1.54, 1.807) is 6.07 Å². The average Bonchev–Trinajstić information content (AvgIpc) is 2.80. The number of hydrogen-bond acceptors (Lipinski definition) is 4. The van der Waals surface area contributed by atoms with Gasteiger partial charge in [-0.05, 0) is 6.07 Å². The normalized spacial score (nSPS) is 9.37. The number of esters is 1. The maximum absolute atomic E-state index is 11.6. The molecule has 0 aliphatic heterocycles. The number of fused-ring (bicyclic) bond motifs is 1. The molecule has 0 radical (unpaired) electrons. The highest BCUT2D eigenvalue weighted by Crippen LogP contribution is 2.18. The van der Waals surface area contributed by atoms with Gasteiger partial charge >= 0.3 is 5.97 Å². The van der Waals surface area contributed by atoms with Gasteiger partial charge in [0.1, 0.15) is 0 Å². The zero-order valence-electron chi connectivity index (χ0n) is 10.5. The van der Waals surface area contributed by atoms with Crippen molar-refractivity contribution in [3.63, 3.8) is 0 Å². The summed E-state index contributed by atoms with van der Waals surface area (Å²) in [4.78, 5) is 34.5. The molecule has 0 unspecified atom stereocenters. The van der Waals surface area contributed by atoms with Crippen molar-refractivity contribution in [3.05, 3.63) is 36.0 Å². The summed E-state index contributed by atoms with van der Waals surface area (Å²) in [6.07, 6.45) is 1.52. The molecular formula is C13H13NO5. The quantitative estimate of drug-likeness (QED) is 0.487. The largest absolute Gasteiger partial charge is 0.481 e. The molecule has 0 saturated carbocycles. The van der Waals surface area contributed by atoms with Crippen LogP contribution < -0.4 is 0 Å². The van der Waals surface area contributed by atoms with Crippen molar-refractivity contribution in [2.75, 3.05) is 7.11 Å². The summed E-state index contributed by atoms with van der Waals surface area (Å²) in [5, 5.41) is 8.15. The number of ketones is 1. The summed E-state index contributed by atoms with van der Waals surface area (Å²) in [5.41, 5.74) is 1.17. The van der Waals surface area contributed by atoms with Crippen LogP contribution in [0.25, 0.3) is 10.9 Å². The molecule has 2 aromatic rings. The lowest BCUT2D eigenvalue weighted by atomic mass is 10.1. The Labute approximate surface area is 109 Å². The topological polar surface area (TPSA) is 96.5 Å². The van der Waals surface area contributed by atoms with Crippen molar-refractivity contribution in [1.29, 1.82) is 0 Å². The lowest BCUT2D eigenvalue weighted by molar-refractivity contribution is -0.135. The van der Waals surface area contributed by atoms with E-state index in [0.717, 1.165) is 17.8 Å². The molecule has 6 heteroatoms. The molecule has 19 heavy (non-hydrogen) atoms. The summed E-state index contributed by atoms with van der Waals surface area (Å²) < 4.78 is 4.38. The van der Waals surface area contributed by atoms with Crippen molar-refractivity contribution >= 4 is 28.6 Å². The first-order valence-electron chi connectivity index (χ1n) is 5.35. The maximum Gasteiger partial charge on any atom is 0.379 e. The zero-order valence-corrected chi connectivity index (χ0v) is 10.5. The van der Waals surface area contributed by atoms with Crippen LogP contribution in [-0.4, -0.2) is 34.9 Å². The number of para-hydroxylation sites is 1. The van der Waals surface area contributed by atoms with Gasteiger partial charge in [-0.2, -0.15) is 0 Å². The Morgan fingerprint density at radius 1 is 1.21 bits per heavy atom. The molecule has 2 rings (SSSR count). The van der Waals surface area contributed by atoms with Crippen LogP contribution in [0.4, 0.5) is 0 Å². The van der Waals surface area contributed by atoms with Crippen LogP contribution in [0.2, 0.25) is 0 Å². The van der Waals surface area contributed by atoms with Gasteiger partial charge in [-0.1, -0.05) is 18.2 Å². The lowest BCUT2D eigenvalue weighted by Gasteiger charge is -1.96. The zero-order chi connectivity index (χ0) is 14.4. The van der Waals surface area contributed by atoms with Crippen molar-refractivity contribution in [3.8, 4) is 0 Å². The standard InChI is InChI=1S/C11H9NO3.C2H4O2/c1-15-11(14)10(13)8-6-12-9-5-3-2-4-7(8)9;1-2(3)4/h2-6,12H,1H3;1H3,(H,3,4). The SMILES string of the molecule is CC(=O)O.COC(=O)C(=O)c1c[nH]c2ccccc12. The van der Waals surface area contributed by atoms with Crippen LogP contribution in [0.3, 0.4) is 0 Å². The summed E-state index contributed by atoms with van der Waals surface area (Å²) in [6, 6.07) is 7.28. The number of carbonyl (C=O) groups excluding carboxylic acids is 2. The van der Waals surface area contributed by atoms with E-state index >= 15 is 0 Å². The average molecular weight is 263 g/mol. The number of ether oxygens (including phenoxy) is 1. The number of aliphatic carboxylic acids is 1. The first kappa shape index (κ1) is 14.4. The Bertz CT molecular complexity index is 610. The van der Waals surface area contributed by atoms with Crippen LogP contribution in [0.15, 0.2) is 30.5 Å². The van der Waals surface area contributed by atoms with E-state index in [2.05, 4.69) is 9.72 Å². The molecule has 2 N–H and O–H groups in total. The summed E-state index contributed by atoms with van der Waals surface area (Å²) in [6.45, 7) is 1.08. The first-order chi connectivity index (χ1) is 8.97. The number of nitrogens with one attached hydrogen (secondary N) is 1. The number of benzene rings is 1. The van der Waals surface area contributed by atoms with Gasteiger partial charge in [0.15, 0.2) is 0 Å². The molecule has 0 bridgehead atoms. The van der Waals surface area contributed by atoms with E-state index in [1.807, 2.05) is 18.2 Å². The minimum atomic E-state index is -0.847. The monoisotopic (exact) mass is 263 g/mol. The molecule has 0 aliphatic rings. The van der Waals surface area contributed by atoms with Crippen molar-refractivity contribution in [2.45, 2.75) is 6.92 Å². The first-order valence-corrected chi connectivity index (χ1v) is 5.35. The minimum Gasteiger partial charge on any atom is -0.481 e. The van der Waals surface area contributed by atoms with Gasteiger partial charge in [-0.3, -0.25) is 9.59 Å². The number of carboxylic acid groups (broad SMARTS) is 1. The number of aromatic amines is 1. The van der Waals surface area contributed by atoms with Gasteiger partial charge in [-0.15, -0.1) is 0 Å². The van der Waals surface area contributed by atoms with Crippen molar-refractivity contribution in [2.24, 2.45) is 0 Å². The Morgan fingerprint density at radius 3 is 2.37 bits per heavy atom. The van der Waals surface area contributed by atoms with Gasteiger partial charge in [0.05, 0.1) is 12.7 Å². The number of carboxylic acids is 1. The van der Waals surface area contributed by atoms with Crippen LogP contribution in [0.1, 0.15) is 17.3 Å². The second kappa shape index (κ2) is 6.34. The molecular weight excluding hydrogens is 250 g/mol. The fourth-order valence-corrected chi connectivity index (χ4v) is 1.46. The van der Waals surface area contributed by atoms with Crippen molar-refractivity contribution in [1.82, 2.24) is 4.98 Å². The van der Waals surface area contributed by atoms with E-state index < -0.39 is 17.7 Å². The number of methoxy groups -OCH3 is 1. The molecule has 0 fully saturated rings. The van der Waals surface area contributed by atoms with E-state index in [9.17, 15) is 9.59 Å². The lowest BCUT2D eigenvalue weighted by Crippen LogP contribution is -2.15. The van der Waals surface area contributed by atoms with Crippen LogP contribution in [0, 0.1) is 0 Å². The Balaban J connectivity index is 0.000000399. The fraction of sp³-hybridized carbons (Fsp3) is 0.154. The molecule has 1 aromatic carbocycles. The molecule has 1 heterocycles. The van der Waals surface area contributed by atoms with Gasteiger partial charge < -0.3 is 14.8 Å². The van der Waals surface area contributed by atoms with Crippen LogP contribution >= 0.6 is 0 Å². The third-order valence-electron chi connectivity index (χ3n) is 2.20. The number of Topliss-reactive ketones (excluding diaryl/α,β-unsaturated/α-hetero) is 1. The predicted octanol–water partition coefficient (Wildman–Crippen LogP) is 1.61. The number of aromatic nitrogens is 1. The molecule has 0 atom stereocenters. The molecule has 0 saturated heterocycles. The van der Waals surface area contributed by atoms with E-state index in [1.165, 1.54) is 13.3 Å². The molecule has 0 spiro atoms. The van der Waals surface area contributed by atoms with Crippen LogP contribution in [0.5, 0.6) is 0 Å². The summed E-state index contributed by atoms with van der Waals surface area (Å²) >= 11 is 0.